The van der Waals surface area contributed by atoms with Crippen molar-refractivity contribution in [1.82, 2.24) is 4.72 Å². The number of benzene rings is 1. The lowest BCUT2D eigenvalue weighted by Crippen LogP contribution is -2.40. The lowest BCUT2D eigenvalue weighted by Gasteiger charge is -2.19. The molecule has 23 heavy (non-hydrogen) atoms. The Morgan fingerprint density at radius 3 is 2.78 bits per heavy atom. The zero-order chi connectivity index (χ0) is 17.0. The van der Waals surface area contributed by atoms with E-state index in [1.165, 1.54) is 18.2 Å². The summed E-state index contributed by atoms with van der Waals surface area (Å²) in [5.41, 5.74) is 1.33. The Kier molecular flexibility index (Phi) is 5.38. The quantitative estimate of drug-likeness (QED) is 0.696. The topological polar surface area (TPSA) is 113 Å². The highest BCUT2D eigenvalue weighted by atomic mass is 32.2. The number of carbonyl (C=O) groups excluding carboxylic acids is 1. The summed E-state index contributed by atoms with van der Waals surface area (Å²) in [7, 11) is -3.93. The molecule has 2 rings (SSSR count). The van der Waals surface area contributed by atoms with Gasteiger partial charge in [0, 0.05) is 12.1 Å². The van der Waals surface area contributed by atoms with Crippen LogP contribution in [0, 0.1) is 0 Å². The predicted octanol–water partition coefficient (Wildman–Crippen LogP) is 1.49. The molecule has 1 amide bonds. The second-order valence-corrected chi connectivity index (χ2v) is 7.24. The van der Waals surface area contributed by atoms with E-state index in [4.69, 9.17) is 5.11 Å². The number of carbonyl (C=O) groups is 2. The lowest BCUT2D eigenvalue weighted by atomic mass is 10.0. The van der Waals surface area contributed by atoms with Crippen molar-refractivity contribution in [3.8, 4) is 0 Å². The van der Waals surface area contributed by atoms with Gasteiger partial charge >= 0.3 is 5.97 Å². The van der Waals surface area contributed by atoms with Gasteiger partial charge in [0.25, 0.3) is 0 Å². The van der Waals surface area contributed by atoms with Crippen LogP contribution >= 0.6 is 0 Å². The van der Waals surface area contributed by atoms with Gasteiger partial charge in [0.1, 0.15) is 6.04 Å². The summed E-state index contributed by atoms with van der Waals surface area (Å²) < 4.78 is 27.0. The smallest absolute Gasteiger partial charge is 0.321 e. The molecule has 3 N–H and O–H groups in total. The van der Waals surface area contributed by atoms with Gasteiger partial charge in [-0.05, 0) is 36.6 Å². The van der Waals surface area contributed by atoms with Crippen LogP contribution in [0.15, 0.2) is 23.1 Å². The van der Waals surface area contributed by atoms with Gasteiger partial charge in [0.2, 0.25) is 15.9 Å². The van der Waals surface area contributed by atoms with Crippen LogP contribution in [0.25, 0.3) is 0 Å². The average Bonchev–Trinajstić information content (AvgIpc) is 2.50. The first-order valence-corrected chi connectivity index (χ1v) is 8.99. The van der Waals surface area contributed by atoms with Crippen LogP contribution in [0.3, 0.4) is 0 Å². The fourth-order valence-electron chi connectivity index (χ4n) is 2.42. The van der Waals surface area contributed by atoms with E-state index in [9.17, 15) is 18.0 Å². The molecule has 0 radical (unpaired) electrons. The second-order valence-electron chi connectivity index (χ2n) is 5.52. The first-order chi connectivity index (χ1) is 10.8. The van der Waals surface area contributed by atoms with Crippen molar-refractivity contribution in [3.05, 3.63) is 23.8 Å². The van der Waals surface area contributed by atoms with Crippen molar-refractivity contribution in [2.24, 2.45) is 0 Å². The third-order valence-corrected chi connectivity index (χ3v) is 5.19. The maximum Gasteiger partial charge on any atom is 0.321 e. The Balaban J connectivity index is 2.22. The molecule has 7 nitrogen and oxygen atoms in total. The van der Waals surface area contributed by atoms with E-state index in [0.29, 0.717) is 24.9 Å². The largest absolute Gasteiger partial charge is 0.480 e. The van der Waals surface area contributed by atoms with E-state index in [2.05, 4.69) is 10.0 Å². The molecule has 1 aromatic rings. The highest BCUT2D eigenvalue weighted by Gasteiger charge is 2.26. The molecular weight excluding hydrogens is 320 g/mol. The summed E-state index contributed by atoms with van der Waals surface area (Å²) in [6.45, 7) is 1.91. The van der Waals surface area contributed by atoms with E-state index in [1.54, 1.807) is 0 Å². The van der Waals surface area contributed by atoms with Gasteiger partial charge in [-0.3, -0.25) is 9.59 Å². The summed E-state index contributed by atoms with van der Waals surface area (Å²) in [4.78, 5) is 22.5. The Bertz CT molecular complexity index is 715. The van der Waals surface area contributed by atoms with Gasteiger partial charge in [-0.1, -0.05) is 19.8 Å². The number of fused-ring (bicyclic) bond motifs is 1. The van der Waals surface area contributed by atoms with Crippen LogP contribution in [0.1, 0.15) is 38.2 Å². The third kappa shape index (κ3) is 4.29. The minimum absolute atomic E-state index is 0.00940. The number of aryl methyl sites for hydroxylation is 1. The van der Waals surface area contributed by atoms with Crippen molar-refractivity contribution in [3.63, 3.8) is 0 Å². The van der Waals surface area contributed by atoms with Gasteiger partial charge in [-0.15, -0.1) is 0 Å². The van der Waals surface area contributed by atoms with E-state index in [0.717, 1.165) is 12.0 Å². The number of sulfonamides is 1. The van der Waals surface area contributed by atoms with Crippen molar-refractivity contribution in [1.29, 1.82) is 0 Å². The number of amides is 1. The molecule has 0 aliphatic carbocycles. The van der Waals surface area contributed by atoms with E-state index in [-0.39, 0.29) is 17.2 Å². The summed E-state index contributed by atoms with van der Waals surface area (Å²) in [5.74, 6) is -1.29. The third-order valence-electron chi connectivity index (χ3n) is 3.72. The summed E-state index contributed by atoms with van der Waals surface area (Å²) in [6, 6.07) is 3.24. The van der Waals surface area contributed by atoms with Crippen molar-refractivity contribution < 1.29 is 23.1 Å². The van der Waals surface area contributed by atoms with Crippen molar-refractivity contribution in [2.45, 2.75) is 50.0 Å². The van der Waals surface area contributed by atoms with Gasteiger partial charge in [-0.2, -0.15) is 4.72 Å². The fourth-order valence-corrected chi connectivity index (χ4v) is 3.70. The number of rotatable bonds is 7. The normalized spacial score (nSPS) is 15.6. The molecule has 0 saturated heterocycles. The first kappa shape index (κ1) is 17.4. The zero-order valence-corrected chi connectivity index (χ0v) is 13.6. The number of anilines is 1. The molecule has 0 aromatic heterocycles. The molecule has 8 heteroatoms. The van der Waals surface area contributed by atoms with Crippen LogP contribution in [0.2, 0.25) is 0 Å². The molecule has 0 bridgehead atoms. The molecule has 1 aliphatic rings. The van der Waals surface area contributed by atoms with Gasteiger partial charge < -0.3 is 10.4 Å². The van der Waals surface area contributed by atoms with Crippen LogP contribution in [0.5, 0.6) is 0 Å². The fraction of sp³-hybridized carbons (Fsp3) is 0.467. The van der Waals surface area contributed by atoms with E-state index in [1.807, 2.05) is 6.92 Å². The Morgan fingerprint density at radius 2 is 2.13 bits per heavy atom. The Hall–Kier alpha value is -1.93. The minimum atomic E-state index is -3.93. The number of hydrogen-bond acceptors (Lipinski definition) is 4. The number of hydrogen-bond donors (Lipinski definition) is 3. The molecular formula is C15H20N2O5S. The molecule has 0 fully saturated rings. The second kappa shape index (κ2) is 7.10. The Morgan fingerprint density at radius 1 is 1.39 bits per heavy atom. The van der Waals surface area contributed by atoms with Crippen LogP contribution in [-0.4, -0.2) is 31.4 Å². The molecule has 1 atom stereocenters. The highest BCUT2D eigenvalue weighted by molar-refractivity contribution is 7.89. The van der Waals surface area contributed by atoms with Gasteiger partial charge in [0.15, 0.2) is 0 Å². The Labute approximate surface area is 135 Å². The van der Waals surface area contributed by atoms with E-state index < -0.39 is 22.0 Å². The van der Waals surface area contributed by atoms with Gasteiger partial charge in [-0.25, -0.2) is 8.42 Å². The molecule has 1 aromatic carbocycles. The predicted molar refractivity (Wildman–Crippen MR) is 84.7 cm³/mol. The monoisotopic (exact) mass is 340 g/mol. The van der Waals surface area contributed by atoms with Crippen LogP contribution < -0.4 is 10.0 Å². The summed E-state index contributed by atoms with van der Waals surface area (Å²) in [5, 5.41) is 11.8. The SMILES string of the molecule is CCCC[C@H](NS(=O)(=O)c1ccc2c(c1)CCC(=O)N2)C(=O)O. The van der Waals surface area contributed by atoms with Crippen LogP contribution in [0.4, 0.5) is 5.69 Å². The molecule has 1 heterocycles. The van der Waals surface area contributed by atoms with Crippen LogP contribution in [-0.2, 0) is 26.0 Å². The molecule has 0 spiro atoms. The number of carboxylic acid groups (broad SMARTS) is 1. The molecule has 126 valence electrons. The zero-order valence-electron chi connectivity index (χ0n) is 12.8. The van der Waals surface area contributed by atoms with E-state index >= 15 is 0 Å². The molecule has 1 aliphatic heterocycles. The minimum Gasteiger partial charge on any atom is -0.480 e. The first-order valence-electron chi connectivity index (χ1n) is 7.51. The van der Waals surface area contributed by atoms with Gasteiger partial charge in [0.05, 0.1) is 4.90 Å². The maximum atomic E-state index is 12.4. The average molecular weight is 340 g/mol. The summed E-state index contributed by atoms with van der Waals surface area (Å²) in [6.07, 6.45) is 2.41. The molecule has 0 unspecified atom stereocenters. The molecule has 0 saturated carbocycles. The summed E-state index contributed by atoms with van der Waals surface area (Å²) >= 11 is 0. The number of aliphatic carboxylic acids is 1. The number of nitrogens with one attached hydrogen (secondary N) is 2. The lowest BCUT2D eigenvalue weighted by molar-refractivity contribution is -0.139. The number of unbranched alkanes of at least 4 members (excludes halogenated alkanes) is 1. The standard InChI is InChI=1S/C15H20N2O5S/c1-2-3-4-13(15(19)20)17-23(21,22)11-6-7-12-10(9-11)5-8-14(18)16-12/h6-7,9,13,17H,2-5,8H2,1H3,(H,16,18)(H,19,20)/t13-/m0/s1. The highest BCUT2D eigenvalue weighted by Crippen LogP contribution is 2.25. The van der Waals surface area contributed by atoms with Crippen molar-refractivity contribution in [2.75, 3.05) is 5.32 Å². The van der Waals surface area contributed by atoms with Crippen molar-refractivity contribution >= 4 is 27.6 Å². The number of carboxylic acids is 1. The maximum absolute atomic E-state index is 12.4.